The molecule has 7 heteroatoms. The van der Waals surface area contributed by atoms with E-state index in [1.807, 2.05) is 42.5 Å². The van der Waals surface area contributed by atoms with Gasteiger partial charge in [0.25, 0.3) is 5.91 Å². The maximum Gasteiger partial charge on any atom is 0.251 e. The van der Waals surface area contributed by atoms with Gasteiger partial charge in [0.05, 0.1) is 20.8 Å². The molecule has 146 valence electrons. The van der Waals surface area contributed by atoms with Crippen LogP contribution in [0.2, 0.25) is 0 Å². The zero-order valence-electron chi connectivity index (χ0n) is 16.0. The number of carbonyl (C=O) groups excluding carboxylic acids is 1. The molecule has 1 heterocycles. The van der Waals surface area contributed by atoms with E-state index < -0.39 is 0 Å². The SMILES string of the molecule is COc1ccc(-c2noc(CNC(=O)c3ccc4ccccc4c3)n2)cc1OC. The van der Waals surface area contributed by atoms with Crippen LogP contribution in [0.3, 0.4) is 0 Å². The van der Waals surface area contributed by atoms with Crippen LogP contribution in [0.5, 0.6) is 11.5 Å². The minimum absolute atomic E-state index is 0.131. The summed E-state index contributed by atoms with van der Waals surface area (Å²) in [6, 6.07) is 18.8. The van der Waals surface area contributed by atoms with Crippen molar-refractivity contribution in [3.8, 4) is 22.9 Å². The van der Waals surface area contributed by atoms with E-state index in [9.17, 15) is 4.79 Å². The monoisotopic (exact) mass is 389 g/mol. The minimum Gasteiger partial charge on any atom is -0.493 e. The lowest BCUT2D eigenvalue weighted by atomic mass is 10.1. The average molecular weight is 389 g/mol. The molecule has 0 aliphatic carbocycles. The molecule has 1 aromatic heterocycles. The first kappa shape index (κ1) is 18.5. The molecule has 4 rings (SSSR count). The summed E-state index contributed by atoms with van der Waals surface area (Å²) in [6.07, 6.45) is 0. The summed E-state index contributed by atoms with van der Waals surface area (Å²) < 4.78 is 15.8. The first-order valence-electron chi connectivity index (χ1n) is 9.00. The first-order valence-corrected chi connectivity index (χ1v) is 9.00. The van der Waals surface area contributed by atoms with Crippen molar-refractivity contribution >= 4 is 16.7 Å². The Kier molecular flexibility index (Phi) is 5.11. The van der Waals surface area contributed by atoms with Crippen LogP contribution in [0.25, 0.3) is 22.2 Å². The average Bonchev–Trinajstić information content (AvgIpc) is 3.25. The van der Waals surface area contributed by atoms with Crippen LogP contribution < -0.4 is 14.8 Å². The Morgan fingerprint density at radius 2 is 1.76 bits per heavy atom. The molecule has 1 N–H and O–H groups in total. The van der Waals surface area contributed by atoms with E-state index in [0.29, 0.717) is 28.8 Å². The smallest absolute Gasteiger partial charge is 0.251 e. The lowest BCUT2D eigenvalue weighted by molar-refractivity contribution is 0.0946. The van der Waals surface area contributed by atoms with Gasteiger partial charge < -0.3 is 19.3 Å². The molecule has 0 aliphatic heterocycles. The van der Waals surface area contributed by atoms with Crippen LogP contribution in [-0.2, 0) is 6.54 Å². The summed E-state index contributed by atoms with van der Waals surface area (Å²) in [7, 11) is 3.13. The fraction of sp³-hybridized carbons (Fsp3) is 0.136. The Labute approximate surface area is 167 Å². The summed E-state index contributed by atoms with van der Waals surface area (Å²) in [5.41, 5.74) is 1.29. The standard InChI is InChI=1S/C22H19N3O4/c1-27-18-10-9-16(12-19(18)28-2)21-24-20(29-25-21)13-23-22(26)17-8-7-14-5-3-4-6-15(14)11-17/h3-12H,13H2,1-2H3,(H,23,26). The highest BCUT2D eigenvalue weighted by atomic mass is 16.5. The number of nitrogens with one attached hydrogen (secondary N) is 1. The second-order valence-electron chi connectivity index (χ2n) is 6.33. The molecule has 7 nitrogen and oxygen atoms in total. The largest absolute Gasteiger partial charge is 0.493 e. The molecule has 0 unspecified atom stereocenters. The van der Waals surface area contributed by atoms with Crippen molar-refractivity contribution in [2.75, 3.05) is 14.2 Å². The van der Waals surface area contributed by atoms with Gasteiger partial charge in [-0.25, -0.2) is 0 Å². The van der Waals surface area contributed by atoms with Gasteiger partial charge in [0.15, 0.2) is 11.5 Å². The van der Waals surface area contributed by atoms with Crippen molar-refractivity contribution in [3.05, 3.63) is 72.1 Å². The maximum atomic E-state index is 12.5. The number of nitrogens with zero attached hydrogens (tertiary/aromatic N) is 2. The van der Waals surface area contributed by atoms with E-state index >= 15 is 0 Å². The van der Waals surface area contributed by atoms with E-state index in [1.54, 1.807) is 32.4 Å². The Balaban J connectivity index is 1.45. The van der Waals surface area contributed by atoms with Crippen LogP contribution in [0.4, 0.5) is 0 Å². The van der Waals surface area contributed by atoms with Crippen LogP contribution in [0.1, 0.15) is 16.2 Å². The zero-order chi connectivity index (χ0) is 20.2. The number of methoxy groups -OCH3 is 2. The van der Waals surface area contributed by atoms with Gasteiger partial charge in [-0.05, 0) is 41.1 Å². The van der Waals surface area contributed by atoms with Crippen molar-refractivity contribution < 1.29 is 18.8 Å². The lowest BCUT2D eigenvalue weighted by Gasteiger charge is -2.07. The molecule has 0 atom stereocenters. The van der Waals surface area contributed by atoms with Crippen LogP contribution in [0, 0.1) is 0 Å². The summed E-state index contributed by atoms with van der Waals surface area (Å²) in [5, 5.41) is 8.87. The highest BCUT2D eigenvalue weighted by Gasteiger charge is 2.13. The van der Waals surface area contributed by atoms with Crippen molar-refractivity contribution in [1.82, 2.24) is 15.5 Å². The number of hydrogen-bond donors (Lipinski definition) is 1. The Bertz CT molecular complexity index is 1170. The van der Waals surface area contributed by atoms with Crippen LogP contribution >= 0.6 is 0 Å². The molecular formula is C22H19N3O4. The number of rotatable bonds is 6. The van der Waals surface area contributed by atoms with Crippen molar-refractivity contribution in [2.24, 2.45) is 0 Å². The van der Waals surface area contributed by atoms with Gasteiger partial charge in [-0.1, -0.05) is 35.5 Å². The number of carbonyl (C=O) groups is 1. The number of hydrogen-bond acceptors (Lipinski definition) is 6. The summed E-state index contributed by atoms with van der Waals surface area (Å²) in [4.78, 5) is 16.8. The van der Waals surface area contributed by atoms with E-state index in [2.05, 4.69) is 15.5 Å². The van der Waals surface area contributed by atoms with Gasteiger partial charge in [-0.15, -0.1) is 0 Å². The number of benzene rings is 3. The molecule has 3 aromatic carbocycles. The highest BCUT2D eigenvalue weighted by Crippen LogP contribution is 2.31. The Hall–Kier alpha value is -3.87. The molecular weight excluding hydrogens is 370 g/mol. The zero-order valence-corrected chi connectivity index (χ0v) is 16.0. The van der Waals surface area contributed by atoms with Gasteiger partial charge in [-0.2, -0.15) is 4.98 Å². The predicted octanol–water partition coefficient (Wildman–Crippen LogP) is 3.84. The normalized spacial score (nSPS) is 10.7. The van der Waals surface area contributed by atoms with Gasteiger partial charge in [0.2, 0.25) is 11.7 Å². The molecule has 0 bridgehead atoms. The molecule has 4 aromatic rings. The third kappa shape index (κ3) is 3.89. The summed E-state index contributed by atoms with van der Waals surface area (Å²) in [6.45, 7) is 0.131. The molecule has 1 amide bonds. The lowest BCUT2D eigenvalue weighted by Crippen LogP contribution is -2.22. The van der Waals surface area contributed by atoms with E-state index in [4.69, 9.17) is 14.0 Å². The number of aromatic nitrogens is 2. The topological polar surface area (TPSA) is 86.5 Å². The number of amides is 1. The minimum atomic E-state index is -0.207. The van der Waals surface area contributed by atoms with E-state index in [1.165, 1.54) is 0 Å². The first-order chi connectivity index (χ1) is 14.2. The quantitative estimate of drug-likeness (QED) is 0.539. The van der Waals surface area contributed by atoms with Gasteiger partial charge in [0, 0.05) is 11.1 Å². The van der Waals surface area contributed by atoms with Gasteiger partial charge in [0.1, 0.15) is 0 Å². The van der Waals surface area contributed by atoms with Crippen molar-refractivity contribution in [3.63, 3.8) is 0 Å². The highest BCUT2D eigenvalue weighted by molar-refractivity contribution is 5.98. The second-order valence-corrected chi connectivity index (χ2v) is 6.33. The fourth-order valence-electron chi connectivity index (χ4n) is 3.01. The van der Waals surface area contributed by atoms with Crippen molar-refractivity contribution in [2.45, 2.75) is 6.54 Å². The number of ether oxygens (including phenoxy) is 2. The maximum absolute atomic E-state index is 12.5. The van der Waals surface area contributed by atoms with E-state index in [-0.39, 0.29) is 12.5 Å². The molecule has 29 heavy (non-hydrogen) atoms. The predicted molar refractivity (Wildman–Crippen MR) is 108 cm³/mol. The van der Waals surface area contributed by atoms with E-state index in [0.717, 1.165) is 16.3 Å². The molecule has 0 saturated carbocycles. The number of fused-ring (bicyclic) bond motifs is 1. The molecule has 0 spiro atoms. The molecule has 0 saturated heterocycles. The molecule has 0 aliphatic rings. The van der Waals surface area contributed by atoms with Gasteiger partial charge >= 0.3 is 0 Å². The van der Waals surface area contributed by atoms with Gasteiger partial charge in [-0.3, -0.25) is 4.79 Å². The third-order valence-corrected chi connectivity index (χ3v) is 4.52. The van der Waals surface area contributed by atoms with Crippen LogP contribution in [-0.4, -0.2) is 30.3 Å². The van der Waals surface area contributed by atoms with Crippen LogP contribution in [0.15, 0.2) is 65.2 Å². The fourth-order valence-corrected chi connectivity index (χ4v) is 3.01. The van der Waals surface area contributed by atoms with Crippen molar-refractivity contribution in [1.29, 1.82) is 0 Å². The Morgan fingerprint density at radius 3 is 2.55 bits per heavy atom. The molecule has 0 fully saturated rings. The summed E-state index contributed by atoms with van der Waals surface area (Å²) >= 11 is 0. The third-order valence-electron chi connectivity index (χ3n) is 4.52. The summed E-state index contributed by atoms with van der Waals surface area (Å²) in [5.74, 6) is 1.69. The Morgan fingerprint density at radius 1 is 0.966 bits per heavy atom. The molecule has 0 radical (unpaired) electrons. The second kappa shape index (κ2) is 8.02.